The van der Waals surface area contributed by atoms with Gasteiger partial charge in [-0.1, -0.05) is 29.4 Å². The number of halogens is 2. The fourth-order valence-electron chi connectivity index (χ4n) is 1.31. The maximum absolute atomic E-state index is 13.6. The van der Waals surface area contributed by atoms with Crippen molar-refractivity contribution < 1.29 is 14.3 Å². The smallest absolute Gasteiger partial charge is 0.336 e. The molecule has 0 unspecified atom stereocenters. The quantitative estimate of drug-likeness (QED) is 0.932. The van der Waals surface area contributed by atoms with Crippen LogP contribution in [0.15, 0.2) is 46.5 Å². The first-order valence-corrected chi connectivity index (χ1v) is 6.08. The van der Waals surface area contributed by atoms with Gasteiger partial charge in [0.05, 0.1) is 15.5 Å². The number of benzene rings is 1. The van der Waals surface area contributed by atoms with Gasteiger partial charge in [0.15, 0.2) is 0 Å². The second-order valence-electron chi connectivity index (χ2n) is 3.34. The molecular formula is C12H7ClFNO2S. The molecule has 0 radical (unpaired) electrons. The van der Waals surface area contributed by atoms with Crippen LogP contribution in [-0.2, 0) is 0 Å². The summed E-state index contributed by atoms with van der Waals surface area (Å²) in [6.45, 7) is 0. The summed E-state index contributed by atoms with van der Waals surface area (Å²) in [7, 11) is 0. The molecule has 1 heterocycles. The van der Waals surface area contributed by atoms with Gasteiger partial charge in [-0.25, -0.2) is 14.2 Å². The van der Waals surface area contributed by atoms with Gasteiger partial charge < -0.3 is 5.11 Å². The molecule has 0 saturated heterocycles. The van der Waals surface area contributed by atoms with Crippen molar-refractivity contribution >= 4 is 29.3 Å². The zero-order chi connectivity index (χ0) is 13.1. The molecule has 0 atom stereocenters. The standard InChI is InChI=1S/C12H7ClFNO2S/c13-7-4-5-10(15-6-7)18-11-8(12(16)17)2-1-3-9(11)14/h1-6H,(H,16,17). The van der Waals surface area contributed by atoms with Gasteiger partial charge in [0.2, 0.25) is 0 Å². The second-order valence-corrected chi connectivity index (χ2v) is 4.81. The fourth-order valence-corrected chi connectivity index (χ4v) is 2.30. The molecule has 0 bridgehead atoms. The van der Waals surface area contributed by atoms with E-state index in [4.69, 9.17) is 16.7 Å². The van der Waals surface area contributed by atoms with E-state index in [9.17, 15) is 9.18 Å². The minimum absolute atomic E-state index is 0.0415. The summed E-state index contributed by atoms with van der Waals surface area (Å²) in [5, 5.41) is 9.93. The average Bonchev–Trinajstić information content (AvgIpc) is 2.34. The van der Waals surface area contributed by atoms with Gasteiger partial charge in [-0.2, -0.15) is 0 Å². The molecule has 1 N–H and O–H groups in total. The van der Waals surface area contributed by atoms with Crippen molar-refractivity contribution in [2.45, 2.75) is 9.92 Å². The van der Waals surface area contributed by atoms with Crippen LogP contribution < -0.4 is 0 Å². The number of carbonyl (C=O) groups is 1. The van der Waals surface area contributed by atoms with Crippen LogP contribution in [0.4, 0.5) is 4.39 Å². The van der Waals surface area contributed by atoms with E-state index in [1.807, 2.05) is 0 Å². The first-order chi connectivity index (χ1) is 8.58. The largest absolute Gasteiger partial charge is 0.478 e. The molecule has 0 amide bonds. The molecule has 2 rings (SSSR count). The van der Waals surface area contributed by atoms with Gasteiger partial charge >= 0.3 is 5.97 Å². The zero-order valence-corrected chi connectivity index (χ0v) is 10.5. The van der Waals surface area contributed by atoms with E-state index < -0.39 is 11.8 Å². The summed E-state index contributed by atoms with van der Waals surface area (Å²) in [4.78, 5) is 15.0. The summed E-state index contributed by atoms with van der Waals surface area (Å²) < 4.78 is 13.6. The molecule has 92 valence electrons. The predicted octanol–water partition coefficient (Wildman–Crippen LogP) is 3.72. The molecule has 1 aromatic carbocycles. The zero-order valence-electron chi connectivity index (χ0n) is 8.93. The number of carboxylic acid groups (broad SMARTS) is 1. The molecule has 18 heavy (non-hydrogen) atoms. The van der Waals surface area contributed by atoms with Gasteiger partial charge in [0.25, 0.3) is 0 Å². The molecule has 0 saturated carbocycles. The number of hydrogen-bond donors (Lipinski definition) is 1. The number of pyridine rings is 1. The van der Waals surface area contributed by atoms with E-state index >= 15 is 0 Å². The molecule has 1 aromatic heterocycles. The highest BCUT2D eigenvalue weighted by Crippen LogP contribution is 2.31. The molecule has 0 aliphatic carbocycles. The molecule has 6 heteroatoms. The van der Waals surface area contributed by atoms with Gasteiger partial charge in [-0.3, -0.25) is 0 Å². The first-order valence-electron chi connectivity index (χ1n) is 4.89. The van der Waals surface area contributed by atoms with E-state index in [1.165, 1.54) is 24.4 Å². The van der Waals surface area contributed by atoms with Gasteiger partial charge in [-0.05, 0) is 24.3 Å². The Morgan fingerprint density at radius 2 is 2.11 bits per heavy atom. The van der Waals surface area contributed by atoms with E-state index in [2.05, 4.69) is 4.98 Å². The second kappa shape index (κ2) is 5.37. The summed E-state index contributed by atoms with van der Waals surface area (Å²) in [6, 6.07) is 7.13. The van der Waals surface area contributed by atoms with Crippen LogP contribution in [0.25, 0.3) is 0 Å². The van der Waals surface area contributed by atoms with Crippen LogP contribution in [0.5, 0.6) is 0 Å². The van der Waals surface area contributed by atoms with E-state index in [-0.39, 0.29) is 10.5 Å². The molecule has 3 nitrogen and oxygen atoms in total. The normalized spacial score (nSPS) is 10.3. The van der Waals surface area contributed by atoms with Crippen LogP contribution in [-0.4, -0.2) is 16.1 Å². The van der Waals surface area contributed by atoms with Gasteiger partial charge in [0, 0.05) is 6.20 Å². The van der Waals surface area contributed by atoms with Gasteiger partial charge in [0.1, 0.15) is 10.8 Å². The van der Waals surface area contributed by atoms with E-state index in [1.54, 1.807) is 12.1 Å². The van der Waals surface area contributed by atoms with Crippen molar-refractivity contribution in [3.63, 3.8) is 0 Å². The topological polar surface area (TPSA) is 50.2 Å². The minimum Gasteiger partial charge on any atom is -0.478 e. The lowest BCUT2D eigenvalue weighted by Gasteiger charge is -2.06. The molecule has 0 aliphatic rings. The lowest BCUT2D eigenvalue weighted by molar-refractivity contribution is 0.0692. The summed E-state index contributed by atoms with van der Waals surface area (Å²) in [6.07, 6.45) is 1.42. The Morgan fingerprint density at radius 1 is 1.33 bits per heavy atom. The number of rotatable bonds is 3. The summed E-state index contributed by atoms with van der Waals surface area (Å²) in [5.41, 5.74) is -0.0863. The number of hydrogen-bond acceptors (Lipinski definition) is 3. The molecule has 2 aromatic rings. The lowest BCUT2D eigenvalue weighted by Crippen LogP contribution is -2.00. The molecule has 0 spiro atoms. The van der Waals surface area contributed by atoms with E-state index in [0.29, 0.717) is 10.0 Å². The average molecular weight is 284 g/mol. The van der Waals surface area contributed by atoms with Crippen LogP contribution in [0.2, 0.25) is 5.02 Å². The lowest BCUT2D eigenvalue weighted by atomic mass is 10.2. The summed E-state index contributed by atoms with van der Waals surface area (Å²) >= 11 is 6.64. The third-order valence-electron chi connectivity index (χ3n) is 2.10. The Balaban J connectivity index is 2.39. The molecule has 0 fully saturated rings. The van der Waals surface area contributed by atoms with Crippen molar-refractivity contribution in [1.29, 1.82) is 0 Å². The third-order valence-corrected chi connectivity index (χ3v) is 3.40. The maximum Gasteiger partial charge on any atom is 0.336 e. The molecule has 0 aliphatic heterocycles. The van der Waals surface area contributed by atoms with Crippen LogP contribution in [0.1, 0.15) is 10.4 Å². The van der Waals surface area contributed by atoms with Crippen molar-refractivity contribution in [1.82, 2.24) is 4.98 Å². The predicted molar refractivity (Wildman–Crippen MR) is 66.7 cm³/mol. The molecular weight excluding hydrogens is 277 g/mol. The fraction of sp³-hybridized carbons (Fsp3) is 0. The van der Waals surface area contributed by atoms with Crippen LogP contribution in [0, 0.1) is 5.82 Å². The van der Waals surface area contributed by atoms with Crippen molar-refractivity contribution in [3.8, 4) is 0 Å². The third kappa shape index (κ3) is 2.80. The van der Waals surface area contributed by atoms with Crippen molar-refractivity contribution in [2.24, 2.45) is 0 Å². The Hall–Kier alpha value is -1.59. The maximum atomic E-state index is 13.6. The highest BCUT2D eigenvalue weighted by atomic mass is 35.5. The Morgan fingerprint density at radius 3 is 2.72 bits per heavy atom. The first kappa shape index (κ1) is 12.9. The number of nitrogens with zero attached hydrogens (tertiary/aromatic N) is 1. The monoisotopic (exact) mass is 283 g/mol. The Kier molecular flexibility index (Phi) is 3.84. The van der Waals surface area contributed by atoms with Crippen LogP contribution >= 0.6 is 23.4 Å². The highest BCUT2D eigenvalue weighted by Gasteiger charge is 2.15. The SMILES string of the molecule is O=C(O)c1cccc(F)c1Sc1ccc(Cl)cn1. The number of aromatic nitrogens is 1. The van der Waals surface area contributed by atoms with Crippen molar-refractivity contribution in [2.75, 3.05) is 0 Å². The van der Waals surface area contributed by atoms with Crippen LogP contribution in [0.3, 0.4) is 0 Å². The van der Waals surface area contributed by atoms with Gasteiger partial charge in [-0.15, -0.1) is 0 Å². The van der Waals surface area contributed by atoms with Crippen molar-refractivity contribution in [3.05, 3.63) is 52.9 Å². The highest BCUT2D eigenvalue weighted by molar-refractivity contribution is 7.99. The Bertz CT molecular complexity index is 589. The summed E-state index contributed by atoms with van der Waals surface area (Å²) in [5.74, 6) is -1.76. The number of aromatic carboxylic acids is 1. The van der Waals surface area contributed by atoms with E-state index in [0.717, 1.165) is 11.8 Å². The minimum atomic E-state index is -1.18. The Labute approximate surface area is 112 Å². The number of carboxylic acids is 1.